The molecule has 0 spiro atoms. The van der Waals surface area contributed by atoms with E-state index in [9.17, 15) is 13.2 Å². The highest BCUT2D eigenvalue weighted by Gasteiger charge is 2.31. The van der Waals surface area contributed by atoms with Gasteiger partial charge in [0, 0.05) is 6.04 Å². The summed E-state index contributed by atoms with van der Waals surface area (Å²) in [6.45, 7) is 0. The Labute approximate surface area is 104 Å². The molecular weight excluding hydrogens is 243 g/mol. The number of nitrogens with two attached hydrogens (primary N) is 1. The van der Waals surface area contributed by atoms with Gasteiger partial charge in [0.2, 0.25) is 0 Å². The van der Waals surface area contributed by atoms with Crippen molar-refractivity contribution in [2.24, 2.45) is 5.73 Å². The van der Waals surface area contributed by atoms with E-state index in [2.05, 4.69) is 0 Å². The third-order valence-electron chi connectivity index (χ3n) is 3.20. The second kappa shape index (κ2) is 5.18. The second-order valence-electron chi connectivity index (χ2n) is 4.63. The predicted octanol–water partition coefficient (Wildman–Crippen LogP) is 3.35. The highest BCUT2D eigenvalue weighted by Crippen LogP contribution is 2.32. The minimum Gasteiger partial charge on any atom is -0.489 e. The maximum absolute atomic E-state index is 12.5. The highest BCUT2D eigenvalue weighted by atomic mass is 19.4. The molecule has 0 aliphatic heterocycles. The van der Waals surface area contributed by atoms with Crippen molar-refractivity contribution in [3.05, 3.63) is 29.8 Å². The van der Waals surface area contributed by atoms with Crippen LogP contribution in [0.4, 0.5) is 13.2 Å². The number of hydrogen-bond donors (Lipinski definition) is 1. The molecule has 0 bridgehead atoms. The molecular formula is C13H16F3NO. The van der Waals surface area contributed by atoms with Crippen molar-refractivity contribution in [1.82, 2.24) is 0 Å². The molecule has 0 radical (unpaired) electrons. The second-order valence-corrected chi connectivity index (χ2v) is 4.63. The lowest BCUT2D eigenvalue weighted by Gasteiger charge is -2.29. The minimum absolute atomic E-state index is 0.0895. The minimum atomic E-state index is -4.34. The van der Waals surface area contributed by atoms with Crippen molar-refractivity contribution in [1.29, 1.82) is 0 Å². The predicted molar refractivity (Wildman–Crippen MR) is 62.3 cm³/mol. The van der Waals surface area contributed by atoms with E-state index in [1.54, 1.807) is 0 Å². The van der Waals surface area contributed by atoms with Crippen molar-refractivity contribution < 1.29 is 17.9 Å². The van der Waals surface area contributed by atoms with E-state index in [0.717, 1.165) is 37.8 Å². The van der Waals surface area contributed by atoms with Gasteiger partial charge in [-0.2, -0.15) is 13.2 Å². The fourth-order valence-corrected chi connectivity index (χ4v) is 2.19. The largest absolute Gasteiger partial charge is 0.489 e. The summed E-state index contributed by atoms with van der Waals surface area (Å²) in [4.78, 5) is 0. The fourth-order valence-electron chi connectivity index (χ4n) is 2.19. The van der Waals surface area contributed by atoms with Crippen LogP contribution in [-0.4, -0.2) is 12.1 Å². The van der Waals surface area contributed by atoms with Gasteiger partial charge in [0.25, 0.3) is 0 Å². The van der Waals surface area contributed by atoms with Crippen LogP contribution in [0.3, 0.4) is 0 Å². The molecule has 2 atom stereocenters. The van der Waals surface area contributed by atoms with Crippen LogP contribution in [0.2, 0.25) is 0 Å². The standard InChI is InChI=1S/C13H16F3NO/c14-13(15,16)9-4-3-5-10(8-9)18-12-7-2-1-6-11(12)17/h3-5,8,11-12H,1-2,6-7,17H2. The molecule has 1 aliphatic carbocycles. The van der Waals surface area contributed by atoms with E-state index in [1.165, 1.54) is 12.1 Å². The summed E-state index contributed by atoms with van der Waals surface area (Å²) < 4.78 is 43.2. The van der Waals surface area contributed by atoms with Crippen LogP contribution in [-0.2, 0) is 6.18 Å². The Morgan fingerprint density at radius 1 is 1.17 bits per heavy atom. The number of halogens is 3. The number of benzene rings is 1. The molecule has 0 saturated heterocycles. The number of hydrogen-bond acceptors (Lipinski definition) is 2. The third kappa shape index (κ3) is 3.16. The molecule has 0 heterocycles. The van der Waals surface area contributed by atoms with Crippen LogP contribution in [0.5, 0.6) is 5.75 Å². The van der Waals surface area contributed by atoms with E-state index in [-0.39, 0.29) is 17.9 Å². The van der Waals surface area contributed by atoms with Gasteiger partial charge in [-0.05, 0) is 37.5 Å². The van der Waals surface area contributed by atoms with Crippen LogP contribution >= 0.6 is 0 Å². The lowest BCUT2D eigenvalue weighted by atomic mass is 9.93. The maximum atomic E-state index is 12.5. The van der Waals surface area contributed by atoms with Gasteiger partial charge in [-0.15, -0.1) is 0 Å². The smallest absolute Gasteiger partial charge is 0.416 e. The first-order chi connectivity index (χ1) is 8.47. The van der Waals surface area contributed by atoms with Gasteiger partial charge < -0.3 is 10.5 Å². The van der Waals surface area contributed by atoms with Gasteiger partial charge in [0.1, 0.15) is 11.9 Å². The average molecular weight is 259 g/mol. The van der Waals surface area contributed by atoms with E-state index in [1.807, 2.05) is 0 Å². The van der Waals surface area contributed by atoms with E-state index < -0.39 is 11.7 Å². The van der Waals surface area contributed by atoms with Gasteiger partial charge in [-0.1, -0.05) is 12.5 Å². The zero-order chi connectivity index (χ0) is 13.2. The molecule has 5 heteroatoms. The Kier molecular flexibility index (Phi) is 3.80. The molecule has 2 unspecified atom stereocenters. The topological polar surface area (TPSA) is 35.2 Å². The Morgan fingerprint density at radius 2 is 1.89 bits per heavy atom. The SMILES string of the molecule is NC1CCCCC1Oc1cccc(C(F)(F)F)c1. The van der Waals surface area contributed by atoms with E-state index in [0.29, 0.717) is 0 Å². The first-order valence-corrected chi connectivity index (χ1v) is 6.06. The molecule has 1 aromatic carbocycles. The number of ether oxygens (including phenoxy) is 1. The molecule has 1 aliphatic rings. The summed E-state index contributed by atoms with van der Waals surface area (Å²) in [5, 5.41) is 0. The summed E-state index contributed by atoms with van der Waals surface area (Å²) in [7, 11) is 0. The van der Waals surface area contributed by atoms with Crippen molar-refractivity contribution in [3.8, 4) is 5.75 Å². The average Bonchev–Trinajstić information content (AvgIpc) is 2.31. The summed E-state index contributed by atoms with van der Waals surface area (Å²) in [5.74, 6) is 0.243. The molecule has 1 saturated carbocycles. The summed E-state index contributed by atoms with van der Waals surface area (Å²) in [6, 6.07) is 4.87. The van der Waals surface area contributed by atoms with Crippen LogP contribution in [0.15, 0.2) is 24.3 Å². The van der Waals surface area contributed by atoms with E-state index >= 15 is 0 Å². The monoisotopic (exact) mass is 259 g/mol. The van der Waals surface area contributed by atoms with Crippen molar-refractivity contribution in [2.45, 2.75) is 44.0 Å². The highest BCUT2D eigenvalue weighted by molar-refractivity contribution is 5.30. The van der Waals surface area contributed by atoms with Crippen LogP contribution in [0.1, 0.15) is 31.2 Å². The number of alkyl halides is 3. The molecule has 18 heavy (non-hydrogen) atoms. The molecule has 2 N–H and O–H groups in total. The molecule has 2 nitrogen and oxygen atoms in total. The van der Waals surface area contributed by atoms with Crippen molar-refractivity contribution in [2.75, 3.05) is 0 Å². The molecule has 2 rings (SSSR count). The van der Waals surface area contributed by atoms with Gasteiger partial charge >= 0.3 is 6.18 Å². The van der Waals surface area contributed by atoms with Crippen molar-refractivity contribution >= 4 is 0 Å². The zero-order valence-electron chi connectivity index (χ0n) is 9.91. The Hall–Kier alpha value is -1.23. The first-order valence-electron chi connectivity index (χ1n) is 6.06. The van der Waals surface area contributed by atoms with Crippen LogP contribution in [0, 0.1) is 0 Å². The third-order valence-corrected chi connectivity index (χ3v) is 3.20. The van der Waals surface area contributed by atoms with E-state index in [4.69, 9.17) is 10.5 Å². The van der Waals surface area contributed by atoms with Gasteiger partial charge in [0.05, 0.1) is 5.56 Å². The summed E-state index contributed by atoms with van der Waals surface area (Å²) in [5.41, 5.74) is 5.21. The summed E-state index contributed by atoms with van der Waals surface area (Å²) in [6.07, 6.45) is -0.780. The molecule has 1 fully saturated rings. The zero-order valence-corrected chi connectivity index (χ0v) is 9.91. The Balaban J connectivity index is 2.09. The first kappa shape index (κ1) is 13.2. The van der Waals surface area contributed by atoms with Crippen LogP contribution < -0.4 is 10.5 Å². The van der Waals surface area contributed by atoms with Gasteiger partial charge in [-0.25, -0.2) is 0 Å². The Bertz CT molecular complexity index is 405. The summed E-state index contributed by atoms with van der Waals surface area (Å²) >= 11 is 0. The molecule has 1 aromatic rings. The molecule has 0 amide bonds. The van der Waals surface area contributed by atoms with Gasteiger partial charge in [-0.3, -0.25) is 0 Å². The maximum Gasteiger partial charge on any atom is 0.416 e. The van der Waals surface area contributed by atoms with Crippen molar-refractivity contribution in [3.63, 3.8) is 0 Å². The normalized spacial score (nSPS) is 24.9. The van der Waals surface area contributed by atoms with Crippen LogP contribution in [0.25, 0.3) is 0 Å². The number of rotatable bonds is 2. The molecule has 100 valence electrons. The quantitative estimate of drug-likeness (QED) is 0.884. The lowest BCUT2D eigenvalue weighted by molar-refractivity contribution is -0.137. The Morgan fingerprint density at radius 3 is 2.56 bits per heavy atom. The molecule has 0 aromatic heterocycles. The fraction of sp³-hybridized carbons (Fsp3) is 0.538. The lowest BCUT2D eigenvalue weighted by Crippen LogP contribution is -2.41. The van der Waals surface area contributed by atoms with Gasteiger partial charge in [0.15, 0.2) is 0 Å².